The van der Waals surface area contributed by atoms with E-state index in [0.717, 1.165) is 6.42 Å². The molecule has 0 aliphatic carbocycles. The number of nitrogens with one attached hydrogen (secondary N) is 1. The summed E-state index contributed by atoms with van der Waals surface area (Å²) in [6, 6.07) is 0. The van der Waals surface area contributed by atoms with Gasteiger partial charge in [0.15, 0.2) is 0 Å². The first-order chi connectivity index (χ1) is 3.85. The van der Waals surface area contributed by atoms with Crippen LogP contribution in [0.15, 0.2) is 5.10 Å². The fourth-order valence-corrected chi connectivity index (χ4v) is 0.386. The van der Waals surface area contributed by atoms with Gasteiger partial charge in [0.2, 0.25) is 0 Å². The third-order valence-corrected chi connectivity index (χ3v) is 0.772. The monoisotopic (exact) mass is 117 g/mol. The molecule has 48 valence electrons. The number of hydrazone groups is 1. The lowest BCUT2D eigenvalue weighted by Gasteiger charge is -1.97. The summed E-state index contributed by atoms with van der Waals surface area (Å²) in [5, 5.41) is 11.4. The highest BCUT2D eigenvalue weighted by Gasteiger charge is 1.90. The maximum Gasteiger partial charge on any atom is 0.145 e. The van der Waals surface area contributed by atoms with Crippen molar-refractivity contribution in [1.29, 1.82) is 0 Å². The smallest absolute Gasteiger partial charge is 0.145 e. The second-order valence-corrected chi connectivity index (χ2v) is 1.44. The Balaban J connectivity index is 3.38. The molecule has 0 unspecified atom stereocenters. The molecule has 0 amide bonds. The summed E-state index contributed by atoms with van der Waals surface area (Å²) in [4.78, 5) is 0. The Hall–Kier alpha value is -0.770. The number of nitrogens with two attached hydrogens (primary N) is 1. The van der Waals surface area contributed by atoms with Crippen LogP contribution in [0, 0.1) is 0 Å². The molecule has 0 fully saturated rings. The Bertz CT molecular complexity index is 81.4. The van der Waals surface area contributed by atoms with E-state index in [1.807, 2.05) is 12.4 Å². The topological polar surface area (TPSA) is 70.6 Å². The molecule has 0 bridgehead atoms. The SMILES string of the molecule is CCCC(=NN)NO. The number of rotatable bonds is 2. The van der Waals surface area contributed by atoms with Crippen molar-refractivity contribution >= 4 is 5.84 Å². The lowest BCUT2D eigenvalue weighted by molar-refractivity contribution is 0.231. The fourth-order valence-electron chi connectivity index (χ4n) is 0.386. The van der Waals surface area contributed by atoms with Crippen molar-refractivity contribution in [2.75, 3.05) is 0 Å². The Labute approximate surface area is 48.3 Å². The summed E-state index contributed by atoms with van der Waals surface area (Å²) in [7, 11) is 0. The minimum Gasteiger partial charge on any atom is -0.322 e. The Kier molecular flexibility index (Phi) is 3.97. The van der Waals surface area contributed by atoms with Crippen molar-refractivity contribution in [3.05, 3.63) is 0 Å². The van der Waals surface area contributed by atoms with Crippen LogP contribution in [-0.2, 0) is 0 Å². The van der Waals surface area contributed by atoms with E-state index in [-0.39, 0.29) is 0 Å². The number of nitrogens with zero attached hydrogens (tertiary/aromatic N) is 1. The van der Waals surface area contributed by atoms with Crippen molar-refractivity contribution in [2.24, 2.45) is 10.9 Å². The van der Waals surface area contributed by atoms with Gasteiger partial charge in [0.1, 0.15) is 5.84 Å². The molecule has 0 saturated carbocycles. The van der Waals surface area contributed by atoms with Crippen LogP contribution in [0.25, 0.3) is 0 Å². The molecule has 0 atom stereocenters. The van der Waals surface area contributed by atoms with Gasteiger partial charge in [-0.15, -0.1) is 0 Å². The van der Waals surface area contributed by atoms with Gasteiger partial charge in [-0.2, -0.15) is 5.10 Å². The third-order valence-electron chi connectivity index (χ3n) is 0.772. The average molecular weight is 117 g/mol. The van der Waals surface area contributed by atoms with E-state index >= 15 is 0 Å². The van der Waals surface area contributed by atoms with Crippen LogP contribution in [0.5, 0.6) is 0 Å². The molecule has 0 rings (SSSR count). The quantitative estimate of drug-likeness (QED) is 0.207. The van der Waals surface area contributed by atoms with E-state index in [1.165, 1.54) is 0 Å². The van der Waals surface area contributed by atoms with Crippen LogP contribution >= 0.6 is 0 Å². The summed E-state index contributed by atoms with van der Waals surface area (Å²) in [5.74, 6) is 5.26. The second-order valence-electron chi connectivity index (χ2n) is 1.44. The van der Waals surface area contributed by atoms with Crippen molar-refractivity contribution < 1.29 is 5.21 Å². The van der Waals surface area contributed by atoms with E-state index in [0.29, 0.717) is 12.3 Å². The lowest BCUT2D eigenvalue weighted by Crippen LogP contribution is -2.19. The summed E-state index contributed by atoms with van der Waals surface area (Å²) in [6.45, 7) is 1.97. The highest BCUT2D eigenvalue weighted by molar-refractivity contribution is 5.80. The Morgan fingerprint density at radius 2 is 2.50 bits per heavy atom. The zero-order chi connectivity index (χ0) is 6.41. The maximum absolute atomic E-state index is 8.20. The van der Waals surface area contributed by atoms with Crippen LogP contribution in [0.1, 0.15) is 19.8 Å². The molecule has 4 heteroatoms. The molecular formula is C4H11N3O. The van der Waals surface area contributed by atoms with Crippen molar-refractivity contribution in [3.63, 3.8) is 0 Å². The van der Waals surface area contributed by atoms with E-state index in [1.54, 1.807) is 0 Å². The van der Waals surface area contributed by atoms with Crippen LogP contribution in [0.2, 0.25) is 0 Å². The standard InChI is InChI=1S/C4H11N3O/c1-2-3-4(6-5)7-8/h8H,2-3,5H2,1H3,(H,6,7). The van der Waals surface area contributed by atoms with Gasteiger partial charge in [-0.05, 0) is 6.42 Å². The van der Waals surface area contributed by atoms with Gasteiger partial charge in [-0.1, -0.05) is 6.92 Å². The molecule has 0 aromatic carbocycles. The van der Waals surface area contributed by atoms with Crippen LogP contribution in [-0.4, -0.2) is 11.0 Å². The first kappa shape index (κ1) is 7.23. The first-order valence-corrected chi connectivity index (χ1v) is 2.52. The Morgan fingerprint density at radius 1 is 1.88 bits per heavy atom. The zero-order valence-electron chi connectivity index (χ0n) is 4.89. The fraction of sp³-hybridized carbons (Fsp3) is 0.750. The molecule has 0 radical (unpaired) electrons. The zero-order valence-corrected chi connectivity index (χ0v) is 4.89. The molecule has 0 aromatic rings. The van der Waals surface area contributed by atoms with Crippen LogP contribution in [0.4, 0.5) is 0 Å². The highest BCUT2D eigenvalue weighted by Crippen LogP contribution is 1.84. The minimum atomic E-state index is 0.424. The minimum absolute atomic E-state index is 0.424. The first-order valence-electron chi connectivity index (χ1n) is 2.52. The molecule has 8 heavy (non-hydrogen) atoms. The van der Waals surface area contributed by atoms with Gasteiger partial charge < -0.3 is 5.84 Å². The second kappa shape index (κ2) is 4.39. The van der Waals surface area contributed by atoms with Crippen molar-refractivity contribution in [2.45, 2.75) is 19.8 Å². The molecular weight excluding hydrogens is 106 g/mol. The molecule has 0 saturated heterocycles. The predicted octanol–water partition coefficient (Wildman–Crippen LogP) is 0.0375. The largest absolute Gasteiger partial charge is 0.322 e. The van der Waals surface area contributed by atoms with Gasteiger partial charge in [0, 0.05) is 6.42 Å². The number of amidine groups is 1. The molecule has 4 N–H and O–H groups in total. The molecule has 0 aliphatic rings. The predicted molar refractivity (Wildman–Crippen MR) is 31.5 cm³/mol. The summed E-state index contributed by atoms with van der Waals surface area (Å²) >= 11 is 0. The van der Waals surface area contributed by atoms with E-state index in [2.05, 4.69) is 5.10 Å². The van der Waals surface area contributed by atoms with Gasteiger partial charge in [0.25, 0.3) is 0 Å². The molecule has 0 aromatic heterocycles. The normalized spacial score (nSPS) is 11.5. The van der Waals surface area contributed by atoms with E-state index in [4.69, 9.17) is 11.0 Å². The van der Waals surface area contributed by atoms with E-state index in [9.17, 15) is 0 Å². The highest BCUT2D eigenvalue weighted by atomic mass is 16.5. The van der Waals surface area contributed by atoms with Crippen molar-refractivity contribution in [3.8, 4) is 0 Å². The number of hydrogen-bond acceptors (Lipinski definition) is 3. The van der Waals surface area contributed by atoms with Crippen molar-refractivity contribution in [1.82, 2.24) is 5.48 Å². The molecule has 0 heterocycles. The number of hydrogen-bond donors (Lipinski definition) is 3. The van der Waals surface area contributed by atoms with Crippen LogP contribution < -0.4 is 11.3 Å². The maximum atomic E-state index is 8.20. The molecule has 4 nitrogen and oxygen atoms in total. The molecule has 0 aliphatic heterocycles. The third kappa shape index (κ3) is 2.41. The summed E-state index contributed by atoms with van der Waals surface area (Å²) in [5.41, 5.74) is 1.88. The molecule has 0 spiro atoms. The summed E-state index contributed by atoms with van der Waals surface area (Å²) in [6.07, 6.45) is 1.61. The number of hydroxylamine groups is 1. The average Bonchev–Trinajstić information content (AvgIpc) is 1.83. The van der Waals surface area contributed by atoms with Gasteiger partial charge in [0.05, 0.1) is 0 Å². The van der Waals surface area contributed by atoms with Gasteiger partial charge >= 0.3 is 0 Å². The summed E-state index contributed by atoms with van der Waals surface area (Å²) < 4.78 is 0. The Morgan fingerprint density at radius 3 is 2.62 bits per heavy atom. The van der Waals surface area contributed by atoms with Gasteiger partial charge in [-0.3, -0.25) is 10.7 Å². The van der Waals surface area contributed by atoms with Crippen LogP contribution in [0.3, 0.4) is 0 Å². The lowest BCUT2D eigenvalue weighted by atomic mass is 10.3. The van der Waals surface area contributed by atoms with Gasteiger partial charge in [-0.25, -0.2) is 0 Å². The van der Waals surface area contributed by atoms with E-state index < -0.39 is 0 Å².